The van der Waals surface area contributed by atoms with Gasteiger partial charge in [0.25, 0.3) is 0 Å². The largest absolute Gasteiger partial charge is 0.497 e. The minimum atomic E-state index is -0.791. The van der Waals surface area contributed by atoms with Gasteiger partial charge in [0.2, 0.25) is 0 Å². The van der Waals surface area contributed by atoms with Gasteiger partial charge in [0.15, 0.2) is 6.29 Å². The van der Waals surface area contributed by atoms with E-state index in [1.54, 1.807) is 31.4 Å². The van der Waals surface area contributed by atoms with Crippen molar-refractivity contribution in [2.45, 2.75) is 26.2 Å². The number of hydrogen-bond donors (Lipinski definition) is 1. The highest BCUT2D eigenvalue weighted by molar-refractivity contribution is 5.28. The Bertz CT molecular complexity index is 304. The molecule has 0 saturated carbocycles. The molecule has 0 saturated heterocycles. The van der Waals surface area contributed by atoms with Crippen molar-refractivity contribution in [3.63, 3.8) is 0 Å². The maximum atomic E-state index is 10.1. The Morgan fingerprint density at radius 3 is 2.00 bits per heavy atom. The van der Waals surface area contributed by atoms with Crippen LogP contribution in [-0.4, -0.2) is 31.7 Å². The molecule has 1 aromatic rings. The maximum Gasteiger partial charge on any atom is 0.187 e. The zero-order valence-electron chi connectivity index (χ0n) is 10.6. The third-order valence-corrected chi connectivity index (χ3v) is 2.38. The molecule has 4 heteroatoms. The van der Waals surface area contributed by atoms with Crippen molar-refractivity contribution in [2.75, 3.05) is 20.3 Å². The average Bonchev–Trinajstić information content (AvgIpc) is 2.38. The zero-order chi connectivity index (χ0) is 12.7. The van der Waals surface area contributed by atoms with E-state index in [-0.39, 0.29) is 0 Å². The summed E-state index contributed by atoms with van der Waals surface area (Å²) in [5.41, 5.74) is 0.748. The highest BCUT2D eigenvalue weighted by atomic mass is 16.7. The summed E-state index contributed by atoms with van der Waals surface area (Å²) >= 11 is 0. The number of rotatable bonds is 7. The van der Waals surface area contributed by atoms with Gasteiger partial charge in [0.1, 0.15) is 11.9 Å². The third kappa shape index (κ3) is 4.00. The third-order valence-electron chi connectivity index (χ3n) is 2.38. The molecule has 0 aliphatic rings. The first-order valence-electron chi connectivity index (χ1n) is 5.78. The Morgan fingerprint density at radius 2 is 1.59 bits per heavy atom. The van der Waals surface area contributed by atoms with Gasteiger partial charge in [-0.05, 0) is 31.5 Å². The molecular formula is C13H20O4. The van der Waals surface area contributed by atoms with E-state index in [1.807, 2.05) is 13.8 Å². The highest BCUT2D eigenvalue weighted by Gasteiger charge is 2.21. The van der Waals surface area contributed by atoms with E-state index in [2.05, 4.69) is 0 Å². The van der Waals surface area contributed by atoms with Crippen LogP contribution in [0.4, 0.5) is 0 Å². The molecular weight excluding hydrogens is 220 g/mol. The van der Waals surface area contributed by atoms with Gasteiger partial charge in [0.05, 0.1) is 7.11 Å². The molecule has 0 unspecified atom stereocenters. The molecule has 96 valence electrons. The topological polar surface area (TPSA) is 47.9 Å². The molecule has 0 aliphatic carbocycles. The van der Waals surface area contributed by atoms with Crippen molar-refractivity contribution in [3.8, 4) is 5.75 Å². The Labute approximate surface area is 102 Å². The Hall–Kier alpha value is -1.10. The van der Waals surface area contributed by atoms with Crippen LogP contribution in [0.2, 0.25) is 0 Å². The minimum Gasteiger partial charge on any atom is -0.497 e. The van der Waals surface area contributed by atoms with Crippen molar-refractivity contribution in [1.82, 2.24) is 0 Å². The molecule has 1 N–H and O–H groups in total. The molecule has 0 aromatic heterocycles. The van der Waals surface area contributed by atoms with Crippen LogP contribution in [0, 0.1) is 0 Å². The van der Waals surface area contributed by atoms with Gasteiger partial charge in [-0.25, -0.2) is 0 Å². The summed E-state index contributed by atoms with van der Waals surface area (Å²) in [7, 11) is 1.61. The van der Waals surface area contributed by atoms with Crippen molar-refractivity contribution < 1.29 is 19.3 Å². The van der Waals surface area contributed by atoms with Crippen molar-refractivity contribution >= 4 is 0 Å². The van der Waals surface area contributed by atoms with Crippen LogP contribution in [0.1, 0.15) is 25.5 Å². The second kappa shape index (κ2) is 7.27. The number of aliphatic hydroxyl groups excluding tert-OH is 1. The van der Waals surface area contributed by atoms with Gasteiger partial charge < -0.3 is 19.3 Å². The summed E-state index contributed by atoms with van der Waals surface area (Å²) in [5.74, 6) is 0.755. The standard InChI is InChI=1S/C13H20O4/c1-4-16-13(17-5-2)12(14)10-6-8-11(15-3)9-7-10/h6-9,12-14H,4-5H2,1-3H3/t12-/m1/s1. The lowest BCUT2D eigenvalue weighted by Gasteiger charge is -2.22. The number of benzene rings is 1. The summed E-state index contributed by atoms with van der Waals surface area (Å²) in [6, 6.07) is 7.20. The molecule has 4 nitrogen and oxygen atoms in total. The molecule has 17 heavy (non-hydrogen) atoms. The molecule has 1 rings (SSSR count). The van der Waals surface area contributed by atoms with E-state index >= 15 is 0 Å². The summed E-state index contributed by atoms with van der Waals surface area (Å²) in [6.45, 7) is 4.73. The normalized spacial score (nSPS) is 12.8. The number of methoxy groups -OCH3 is 1. The predicted octanol–water partition coefficient (Wildman–Crippen LogP) is 2.13. The Kier molecular flexibility index (Phi) is 5.97. The first-order chi connectivity index (χ1) is 8.22. The monoisotopic (exact) mass is 240 g/mol. The van der Waals surface area contributed by atoms with Crippen molar-refractivity contribution in [2.24, 2.45) is 0 Å². The van der Waals surface area contributed by atoms with Crippen LogP contribution >= 0.6 is 0 Å². The first kappa shape index (κ1) is 14.0. The van der Waals surface area contributed by atoms with Crippen LogP contribution in [0.3, 0.4) is 0 Å². The predicted molar refractivity (Wildman–Crippen MR) is 65.0 cm³/mol. The molecule has 1 atom stereocenters. The number of ether oxygens (including phenoxy) is 3. The van der Waals surface area contributed by atoms with E-state index in [0.29, 0.717) is 13.2 Å². The van der Waals surface area contributed by atoms with Crippen LogP contribution in [0.25, 0.3) is 0 Å². The van der Waals surface area contributed by atoms with E-state index in [0.717, 1.165) is 11.3 Å². The maximum absolute atomic E-state index is 10.1. The second-order valence-electron chi connectivity index (χ2n) is 3.50. The minimum absolute atomic E-state index is 0.498. The van der Waals surface area contributed by atoms with Gasteiger partial charge in [-0.1, -0.05) is 12.1 Å². The van der Waals surface area contributed by atoms with E-state index in [9.17, 15) is 5.11 Å². The Balaban J connectivity index is 2.73. The van der Waals surface area contributed by atoms with Gasteiger partial charge in [0, 0.05) is 13.2 Å². The van der Waals surface area contributed by atoms with E-state index < -0.39 is 12.4 Å². The summed E-state index contributed by atoms with van der Waals surface area (Å²) in [4.78, 5) is 0. The summed E-state index contributed by atoms with van der Waals surface area (Å²) in [6.07, 6.45) is -1.42. The average molecular weight is 240 g/mol. The molecule has 0 bridgehead atoms. The molecule has 0 heterocycles. The molecule has 0 aliphatic heterocycles. The van der Waals surface area contributed by atoms with Crippen LogP contribution in [-0.2, 0) is 9.47 Å². The second-order valence-corrected chi connectivity index (χ2v) is 3.50. The lowest BCUT2D eigenvalue weighted by Crippen LogP contribution is -2.25. The molecule has 0 radical (unpaired) electrons. The zero-order valence-corrected chi connectivity index (χ0v) is 10.6. The highest BCUT2D eigenvalue weighted by Crippen LogP contribution is 2.22. The van der Waals surface area contributed by atoms with Crippen molar-refractivity contribution in [3.05, 3.63) is 29.8 Å². The quantitative estimate of drug-likeness (QED) is 0.742. The molecule has 1 aromatic carbocycles. The van der Waals surface area contributed by atoms with Crippen LogP contribution < -0.4 is 4.74 Å². The van der Waals surface area contributed by atoms with Gasteiger partial charge >= 0.3 is 0 Å². The van der Waals surface area contributed by atoms with Crippen molar-refractivity contribution in [1.29, 1.82) is 0 Å². The van der Waals surface area contributed by atoms with Crippen LogP contribution in [0.5, 0.6) is 5.75 Å². The fourth-order valence-electron chi connectivity index (χ4n) is 1.52. The molecule has 0 fully saturated rings. The van der Waals surface area contributed by atoms with Crippen LogP contribution in [0.15, 0.2) is 24.3 Å². The number of aliphatic hydroxyl groups is 1. The van der Waals surface area contributed by atoms with Gasteiger partial charge in [-0.15, -0.1) is 0 Å². The first-order valence-corrected chi connectivity index (χ1v) is 5.78. The SMILES string of the molecule is CCOC(OCC)[C@H](O)c1ccc(OC)cc1. The Morgan fingerprint density at radius 1 is 1.06 bits per heavy atom. The van der Waals surface area contributed by atoms with E-state index in [1.165, 1.54) is 0 Å². The number of hydrogen-bond acceptors (Lipinski definition) is 4. The summed E-state index contributed by atoms with van der Waals surface area (Å²) < 4.78 is 15.8. The van der Waals surface area contributed by atoms with E-state index in [4.69, 9.17) is 14.2 Å². The molecule has 0 amide bonds. The van der Waals surface area contributed by atoms with Gasteiger partial charge in [-0.2, -0.15) is 0 Å². The lowest BCUT2D eigenvalue weighted by molar-refractivity contribution is -0.191. The lowest BCUT2D eigenvalue weighted by atomic mass is 10.1. The van der Waals surface area contributed by atoms with Gasteiger partial charge in [-0.3, -0.25) is 0 Å². The fraction of sp³-hybridized carbons (Fsp3) is 0.538. The molecule has 0 spiro atoms. The smallest absolute Gasteiger partial charge is 0.187 e. The summed E-state index contributed by atoms with van der Waals surface area (Å²) in [5, 5.41) is 10.1. The fourth-order valence-corrected chi connectivity index (χ4v) is 1.52.